The SMILES string of the molecule is CC1(C)OC(=O)C(C#N)=C1/C=C/c1cc(-c2ccccn2)nc(-c2ccccn2)c1. The first-order chi connectivity index (χ1) is 14.5. The first-order valence-corrected chi connectivity index (χ1v) is 9.39. The summed E-state index contributed by atoms with van der Waals surface area (Å²) in [5, 5.41) is 9.35. The van der Waals surface area contributed by atoms with Gasteiger partial charge in [-0.25, -0.2) is 9.78 Å². The number of rotatable bonds is 4. The number of hydrogen-bond acceptors (Lipinski definition) is 6. The third-order valence-corrected chi connectivity index (χ3v) is 4.73. The highest BCUT2D eigenvalue weighted by Gasteiger charge is 2.39. The first kappa shape index (κ1) is 19.2. The van der Waals surface area contributed by atoms with E-state index in [9.17, 15) is 10.1 Å². The van der Waals surface area contributed by atoms with Crippen molar-refractivity contribution in [3.8, 4) is 28.8 Å². The number of cyclic esters (lactones) is 1. The van der Waals surface area contributed by atoms with Crippen LogP contribution < -0.4 is 0 Å². The van der Waals surface area contributed by atoms with Crippen molar-refractivity contribution in [3.63, 3.8) is 0 Å². The smallest absolute Gasteiger partial charge is 0.350 e. The Labute approximate surface area is 174 Å². The molecule has 0 saturated heterocycles. The molecule has 146 valence electrons. The van der Waals surface area contributed by atoms with Crippen molar-refractivity contribution < 1.29 is 9.53 Å². The zero-order chi connectivity index (χ0) is 21.1. The molecule has 0 aromatic carbocycles. The van der Waals surface area contributed by atoms with Crippen molar-refractivity contribution in [2.45, 2.75) is 19.4 Å². The average molecular weight is 394 g/mol. The summed E-state index contributed by atoms with van der Waals surface area (Å²) >= 11 is 0. The van der Waals surface area contributed by atoms with Gasteiger partial charge in [-0.3, -0.25) is 9.97 Å². The van der Waals surface area contributed by atoms with Crippen LogP contribution in [0.4, 0.5) is 0 Å². The van der Waals surface area contributed by atoms with Gasteiger partial charge in [0.2, 0.25) is 0 Å². The quantitative estimate of drug-likeness (QED) is 0.610. The van der Waals surface area contributed by atoms with E-state index in [1.807, 2.05) is 60.7 Å². The van der Waals surface area contributed by atoms with Gasteiger partial charge in [0, 0.05) is 18.0 Å². The Morgan fingerprint density at radius 2 is 1.53 bits per heavy atom. The minimum Gasteiger partial charge on any atom is -0.451 e. The van der Waals surface area contributed by atoms with Gasteiger partial charge in [-0.1, -0.05) is 24.3 Å². The molecule has 6 heteroatoms. The number of nitriles is 1. The Kier molecular flexibility index (Phi) is 4.95. The van der Waals surface area contributed by atoms with E-state index in [2.05, 4.69) is 9.97 Å². The van der Waals surface area contributed by atoms with Crippen molar-refractivity contribution >= 4 is 12.0 Å². The molecule has 0 atom stereocenters. The fourth-order valence-corrected chi connectivity index (χ4v) is 3.26. The lowest BCUT2D eigenvalue weighted by Gasteiger charge is -2.18. The van der Waals surface area contributed by atoms with Crippen molar-refractivity contribution in [1.82, 2.24) is 15.0 Å². The highest BCUT2D eigenvalue weighted by atomic mass is 16.6. The maximum Gasteiger partial charge on any atom is 0.350 e. The Morgan fingerprint density at radius 3 is 2.03 bits per heavy atom. The third-order valence-electron chi connectivity index (χ3n) is 4.73. The van der Waals surface area contributed by atoms with Gasteiger partial charge in [0.15, 0.2) is 0 Å². The summed E-state index contributed by atoms with van der Waals surface area (Å²) < 4.78 is 5.32. The molecule has 4 heterocycles. The van der Waals surface area contributed by atoms with Crippen LogP contribution in [0.5, 0.6) is 0 Å². The second-order valence-electron chi connectivity index (χ2n) is 7.23. The Bertz CT molecular complexity index is 1150. The standard InChI is InChI=1S/C24H18N4O2/c1-24(2)18(17(15-25)23(29)30-24)10-9-16-13-21(19-7-3-5-11-26-19)28-22(14-16)20-8-4-6-12-27-20/h3-14H,1-2H3/b10-9+. The molecule has 3 aromatic heterocycles. The van der Waals surface area contributed by atoms with Crippen molar-refractivity contribution in [2.24, 2.45) is 0 Å². The maximum absolute atomic E-state index is 12.0. The van der Waals surface area contributed by atoms with E-state index in [1.165, 1.54) is 0 Å². The van der Waals surface area contributed by atoms with Gasteiger partial charge in [0.25, 0.3) is 0 Å². The van der Waals surface area contributed by atoms with Crippen LogP contribution in [0, 0.1) is 11.3 Å². The third kappa shape index (κ3) is 3.74. The number of carbonyl (C=O) groups is 1. The topological polar surface area (TPSA) is 88.8 Å². The van der Waals surface area contributed by atoms with Crippen LogP contribution in [0.15, 0.2) is 78.1 Å². The van der Waals surface area contributed by atoms with Gasteiger partial charge in [0.1, 0.15) is 17.2 Å². The van der Waals surface area contributed by atoms with Crippen LogP contribution in [0.3, 0.4) is 0 Å². The lowest BCUT2D eigenvalue weighted by molar-refractivity contribution is -0.144. The van der Waals surface area contributed by atoms with Crippen LogP contribution in [0.1, 0.15) is 19.4 Å². The number of hydrogen-bond donors (Lipinski definition) is 0. The van der Waals surface area contributed by atoms with Crippen LogP contribution in [-0.4, -0.2) is 26.5 Å². The summed E-state index contributed by atoms with van der Waals surface area (Å²) in [6.45, 7) is 3.53. The molecule has 0 aliphatic carbocycles. The molecule has 0 bridgehead atoms. The molecule has 0 fully saturated rings. The second-order valence-corrected chi connectivity index (χ2v) is 7.23. The van der Waals surface area contributed by atoms with Crippen molar-refractivity contribution in [2.75, 3.05) is 0 Å². The van der Waals surface area contributed by atoms with E-state index < -0.39 is 11.6 Å². The molecular formula is C24H18N4O2. The summed E-state index contributed by atoms with van der Waals surface area (Å²) in [7, 11) is 0. The molecule has 0 saturated carbocycles. The number of carbonyl (C=O) groups excluding carboxylic acids is 1. The Balaban J connectivity index is 1.82. The largest absolute Gasteiger partial charge is 0.451 e. The fourth-order valence-electron chi connectivity index (χ4n) is 3.26. The summed E-state index contributed by atoms with van der Waals surface area (Å²) in [5.41, 5.74) is 3.43. The fraction of sp³-hybridized carbons (Fsp3) is 0.125. The lowest BCUT2D eigenvalue weighted by atomic mass is 9.95. The monoisotopic (exact) mass is 394 g/mol. The van der Waals surface area contributed by atoms with E-state index in [-0.39, 0.29) is 5.57 Å². The number of aromatic nitrogens is 3. The molecule has 0 amide bonds. The van der Waals surface area contributed by atoms with Crippen molar-refractivity contribution in [1.29, 1.82) is 5.26 Å². The molecule has 1 aliphatic rings. The first-order valence-electron chi connectivity index (χ1n) is 9.39. The Hall–Kier alpha value is -4.11. The number of nitrogens with zero attached hydrogens (tertiary/aromatic N) is 4. The normalized spacial score (nSPS) is 15.3. The molecule has 6 nitrogen and oxygen atoms in total. The van der Waals surface area contributed by atoms with Gasteiger partial charge in [0.05, 0.1) is 22.8 Å². The second kappa shape index (κ2) is 7.72. The zero-order valence-electron chi connectivity index (χ0n) is 16.5. The summed E-state index contributed by atoms with van der Waals surface area (Å²) in [6, 6.07) is 17.0. The molecule has 4 rings (SSSR count). The van der Waals surface area contributed by atoms with E-state index in [0.29, 0.717) is 17.0 Å². The van der Waals surface area contributed by atoms with Gasteiger partial charge in [-0.2, -0.15) is 5.26 Å². The molecule has 0 radical (unpaired) electrons. The maximum atomic E-state index is 12.0. The molecule has 1 aliphatic heterocycles. The average Bonchev–Trinajstić information content (AvgIpc) is 3.00. The summed E-state index contributed by atoms with van der Waals surface area (Å²) in [4.78, 5) is 25.5. The van der Waals surface area contributed by atoms with Gasteiger partial charge >= 0.3 is 5.97 Å². The van der Waals surface area contributed by atoms with Gasteiger partial charge < -0.3 is 4.74 Å². The zero-order valence-corrected chi connectivity index (χ0v) is 16.5. The highest BCUT2D eigenvalue weighted by molar-refractivity contribution is 5.98. The van der Waals surface area contributed by atoms with E-state index in [0.717, 1.165) is 17.0 Å². The lowest BCUT2D eigenvalue weighted by Crippen LogP contribution is -2.22. The van der Waals surface area contributed by atoms with Crippen molar-refractivity contribution in [3.05, 3.63) is 83.7 Å². The minimum atomic E-state index is -0.862. The highest BCUT2D eigenvalue weighted by Crippen LogP contribution is 2.33. The van der Waals surface area contributed by atoms with Gasteiger partial charge in [-0.15, -0.1) is 0 Å². The van der Waals surface area contributed by atoms with E-state index in [4.69, 9.17) is 9.72 Å². The molecule has 0 N–H and O–H groups in total. The summed E-state index contributed by atoms with van der Waals surface area (Å²) in [6.07, 6.45) is 7.03. The van der Waals surface area contributed by atoms with E-state index >= 15 is 0 Å². The molecule has 0 spiro atoms. The molecular weight excluding hydrogens is 376 g/mol. The number of pyridine rings is 3. The molecule has 3 aromatic rings. The summed E-state index contributed by atoms with van der Waals surface area (Å²) in [5.74, 6) is -0.597. The van der Waals surface area contributed by atoms with Crippen LogP contribution in [-0.2, 0) is 9.53 Å². The Morgan fingerprint density at radius 1 is 0.933 bits per heavy atom. The van der Waals surface area contributed by atoms with Crippen LogP contribution >= 0.6 is 0 Å². The van der Waals surface area contributed by atoms with Crippen LogP contribution in [0.2, 0.25) is 0 Å². The van der Waals surface area contributed by atoms with Gasteiger partial charge in [-0.05, 0) is 55.8 Å². The minimum absolute atomic E-state index is 0.0280. The number of esters is 1. The number of ether oxygens (including phenoxy) is 1. The van der Waals surface area contributed by atoms with E-state index in [1.54, 1.807) is 32.3 Å². The predicted molar refractivity (Wildman–Crippen MR) is 113 cm³/mol. The molecule has 30 heavy (non-hydrogen) atoms. The van der Waals surface area contributed by atoms with Crippen LogP contribution in [0.25, 0.3) is 28.9 Å². The predicted octanol–water partition coefficient (Wildman–Crippen LogP) is 4.37. The molecule has 0 unspecified atom stereocenters.